The molecule has 0 heterocycles. The Hall–Kier alpha value is -1.26. The molecule has 0 aliphatic heterocycles. The zero-order valence-electron chi connectivity index (χ0n) is 7.84. The first kappa shape index (κ1) is 10.7. The van der Waals surface area contributed by atoms with Crippen molar-refractivity contribution < 1.29 is 9.53 Å². The molecule has 0 aromatic rings. The molecule has 0 bridgehead atoms. The van der Waals surface area contributed by atoms with Gasteiger partial charge in [0.1, 0.15) is 11.4 Å². The monoisotopic (exact) mass is 173 g/mol. The Morgan fingerprint density at radius 1 is 1.50 bits per heavy atom. The Balaban J connectivity index is 3.84. The maximum atomic E-state index is 10.9. The van der Waals surface area contributed by atoms with Crippen molar-refractivity contribution in [3.8, 4) is 0 Å². The lowest BCUT2D eigenvalue weighted by Crippen LogP contribution is -2.30. The van der Waals surface area contributed by atoms with E-state index < -0.39 is 11.7 Å². The Bertz CT molecular complexity index is 189. The average Bonchev–Trinajstić information content (AvgIpc) is 1.79. The molecule has 0 saturated heterocycles. The van der Waals surface area contributed by atoms with E-state index in [4.69, 9.17) is 10.5 Å². The lowest BCUT2D eigenvalue weighted by molar-refractivity contribution is 0.0529. The lowest BCUT2D eigenvalue weighted by Gasteiger charge is -2.18. The van der Waals surface area contributed by atoms with E-state index in [0.29, 0.717) is 0 Å². The maximum absolute atomic E-state index is 10.9. The van der Waals surface area contributed by atoms with E-state index in [9.17, 15) is 4.79 Å². The van der Waals surface area contributed by atoms with Gasteiger partial charge in [0.25, 0.3) is 0 Å². The van der Waals surface area contributed by atoms with Gasteiger partial charge in [-0.15, -0.1) is 0 Å². The third-order valence-electron chi connectivity index (χ3n) is 0.722. The molecule has 0 aromatic carbocycles. The van der Waals surface area contributed by atoms with Crippen LogP contribution in [-0.4, -0.2) is 17.5 Å². The van der Waals surface area contributed by atoms with Gasteiger partial charge in [-0.05, 0) is 27.7 Å². The number of nitrogens with two attached hydrogens (primary N) is 1. The number of hydrogen-bond donors (Lipinski definition) is 2. The van der Waals surface area contributed by atoms with Gasteiger partial charge in [0.15, 0.2) is 0 Å². The van der Waals surface area contributed by atoms with Gasteiger partial charge in [0.2, 0.25) is 0 Å². The summed E-state index contributed by atoms with van der Waals surface area (Å²) in [5.41, 5.74) is 6.81. The van der Waals surface area contributed by atoms with Gasteiger partial charge in [0.05, 0.1) is 0 Å². The summed E-state index contributed by atoms with van der Waals surface area (Å²) in [6.07, 6.45) is -0.604. The number of nitrogens with zero attached hydrogens (tertiary/aromatic N) is 1. The number of amidine groups is 1. The van der Waals surface area contributed by atoms with Crippen LogP contribution in [0.4, 0.5) is 4.79 Å². The minimum Gasteiger partial charge on any atom is -0.443 e. The molecule has 0 saturated carbocycles. The largest absolute Gasteiger partial charge is 0.443 e. The Kier molecular flexibility index (Phi) is 3.53. The van der Waals surface area contributed by atoms with Crippen LogP contribution in [-0.2, 0) is 4.74 Å². The first-order chi connectivity index (χ1) is 5.31. The van der Waals surface area contributed by atoms with Crippen LogP contribution in [0.25, 0.3) is 0 Å². The molecule has 0 fully saturated rings. The van der Waals surface area contributed by atoms with Gasteiger partial charge in [-0.2, -0.15) is 5.10 Å². The predicted octanol–water partition coefficient (Wildman–Crippen LogP) is 0.803. The summed E-state index contributed by atoms with van der Waals surface area (Å²) in [5.74, 6) is 0.279. The van der Waals surface area contributed by atoms with E-state index >= 15 is 0 Å². The Labute approximate surface area is 72.0 Å². The van der Waals surface area contributed by atoms with Crippen LogP contribution in [0.1, 0.15) is 27.7 Å². The van der Waals surface area contributed by atoms with E-state index in [1.807, 2.05) is 0 Å². The standard InChI is InChI=1S/C7H15N3O2/c1-5(8)9-10-6(11)12-7(2,3)4/h1-4H3,(H2,8,9)(H,10,11). The number of hydrazone groups is 1. The van der Waals surface area contributed by atoms with E-state index in [2.05, 4.69) is 10.5 Å². The third-order valence-corrected chi connectivity index (χ3v) is 0.722. The van der Waals surface area contributed by atoms with Crippen LogP contribution in [0.15, 0.2) is 5.10 Å². The third kappa shape index (κ3) is 6.85. The van der Waals surface area contributed by atoms with Crippen LogP contribution in [0, 0.1) is 0 Å². The molecule has 3 N–H and O–H groups in total. The van der Waals surface area contributed by atoms with Crippen molar-refractivity contribution in [3.05, 3.63) is 0 Å². The van der Waals surface area contributed by atoms with Crippen molar-refractivity contribution in [1.82, 2.24) is 5.43 Å². The maximum Gasteiger partial charge on any atom is 0.428 e. The molecule has 0 spiro atoms. The van der Waals surface area contributed by atoms with Gasteiger partial charge in [-0.25, -0.2) is 10.2 Å². The average molecular weight is 173 g/mol. The molecule has 0 atom stereocenters. The molecular weight excluding hydrogens is 158 g/mol. The van der Waals surface area contributed by atoms with Crippen molar-refractivity contribution >= 4 is 11.9 Å². The van der Waals surface area contributed by atoms with Crippen molar-refractivity contribution in [3.63, 3.8) is 0 Å². The lowest BCUT2D eigenvalue weighted by atomic mass is 10.2. The fourth-order valence-corrected chi connectivity index (χ4v) is 0.435. The normalized spacial score (nSPS) is 12.5. The van der Waals surface area contributed by atoms with Crippen LogP contribution < -0.4 is 11.2 Å². The highest BCUT2D eigenvalue weighted by Gasteiger charge is 2.15. The summed E-state index contributed by atoms with van der Waals surface area (Å²) in [6.45, 7) is 6.88. The second-order valence-electron chi connectivity index (χ2n) is 3.37. The number of ether oxygens (including phenoxy) is 1. The van der Waals surface area contributed by atoms with E-state index in [0.717, 1.165) is 0 Å². The first-order valence-corrected chi connectivity index (χ1v) is 3.60. The van der Waals surface area contributed by atoms with Gasteiger partial charge in [-0.3, -0.25) is 0 Å². The summed E-state index contributed by atoms with van der Waals surface area (Å²) >= 11 is 0. The molecule has 0 aliphatic rings. The van der Waals surface area contributed by atoms with Crippen molar-refractivity contribution in [2.24, 2.45) is 10.8 Å². The molecule has 5 heteroatoms. The number of hydrogen-bond acceptors (Lipinski definition) is 3. The van der Waals surface area contributed by atoms with Crippen LogP contribution in [0.5, 0.6) is 0 Å². The number of rotatable bonds is 1. The van der Waals surface area contributed by atoms with Crippen LogP contribution in [0.2, 0.25) is 0 Å². The molecule has 0 aromatic heterocycles. The molecule has 0 unspecified atom stereocenters. The SMILES string of the molecule is C/C(N)=N/NC(=O)OC(C)(C)C. The van der Waals surface area contributed by atoms with E-state index in [1.54, 1.807) is 27.7 Å². The highest BCUT2D eigenvalue weighted by molar-refractivity contribution is 5.79. The van der Waals surface area contributed by atoms with Gasteiger partial charge in [0, 0.05) is 0 Å². The minimum atomic E-state index is -0.604. The van der Waals surface area contributed by atoms with Crippen molar-refractivity contribution in [2.75, 3.05) is 0 Å². The minimum absolute atomic E-state index is 0.279. The van der Waals surface area contributed by atoms with Crippen LogP contribution in [0.3, 0.4) is 0 Å². The summed E-state index contributed by atoms with van der Waals surface area (Å²) in [7, 11) is 0. The molecule has 12 heavy (non-hydrogen) atoms. The Morgan fingerprint density at radius 2 is 2.00 bits per heavy atom. The fraction of sp³-hybridized carbons (Fsp3) is 0.714. The smallest absolute Gasteiger partial charge is 0.428 e. The number of nitrogens with one attached hydrogen (secondary N) is 1. The second-order valence-corrected chi connectivity index (χ2v) is 3.37. The summed E-state index contributed by atoms with van der Waals surface area (Å²) in [5, 5.41) is 3.48. The molecule has 70 valence electrons. The van der Waals surface area contributed by atoms with Gasteiger partial charge in [-0.1, -0.05) is 0 Å². The molecule has 5 nitrogen and oxygen atoms in total. The number of carbonyl (C=O) groups is 1. The highest BCUT2D eigenvalue weighted by Crippen LogP contribution is 2.05. The number of amides is 1. The quantitative estimate of drug-likeness (QED) is 0.350. The summed E-state index contributed by atoms with van der Waals surface area (Å²) < 4.78 is 4.88. The van der Waals surface area contributed by atoms with Crippen molar-refractivity contribution in [1.29, 1.82) is 0 Å². The fourth-order valence-electron chi connectivity index (χ4n) is 0.435. The number of carbonyl (C=O) groups excluding carboxylic acids is 1. The Morgan fingerprint density at radius 3 is 2.33 bits per heavy atom. The molecular formula is C7H15N3O2. The zero-order valence-corrected chi connectivity index (χ0v) is 7.84. The van der Waals surface area contributed by atoms with Crippen molar-refractivity contribution in [2.45, 2.75) is 33.3 Å². The van der Waals surface area contributed by atoms with E-state index in [1.165, 1.54) is 0 Å². The molecule has 1 amide bonds. The van der Waals surface area contributed by atoms with Crippen LogP contribution >= 0.6 is 0 Å². The topological polar surface area (TPSA) is 76.7 Å². The molecule has 0 aliphatic carbocycles. The predicted molar refractivity (Wildman–Crippen MR) is 46.7 cm³/mol. The summed E-state index contributed by atoms with van der Waals surface area (Å²) in [4.78, 5) is 10.9. The molecule has 0 rings (SSSR count). The van der Waals surface area contributed by atoms with Gasteiger partial charge >= 0.3 is 6.09 Å². The molecule has 0 radical (unpaired) electrons. The van der Waals surface area contributed by atoms with Gasteiger partial charge < -0.3 is 10.5 Å². The van der Waals surface area contributed by atoms with E-state index in [-0.39, 0.29) is 5.84 Å². The second kappa shape index (κ2) is 3.94. The summed E-state index contributed by atoms with van der Waals surface area (Å²) in [6, 6.07) is 0. The highest BCUT2D eigenvalue weighted by atomic mass is 16.6. The zero-order chi connectivity index (χ0) is 9.78. The first-order valence-electron chi connectivity index (χ1n) is 3.60.